The van der Waals surface area contributed by atoms with Crippen LogP contribution in [0.3, 0.4) is 0 Å². The minimum atomic E-state index is -0.630. The molecule has 1 N–H and O–H groups in total. The van der Waals surface area contributed by atoms with Gasteiger partial charge in [0, 0.05) is 6.42 Å². The van der Waals surface area contributed by atoms with Crippen LogP contribution >= 0.6 is 0 Å². The first-order chi connectivity index (χ1) is 12.1. The Hall–Kier alpha value is -2.66. The van der Waals surface area contributed by atoms with Gasteiger partial charge in [-0.05, 0) is 43.2 Å². The molecule has 0 aliphatic heterocycles. The number of ether oxygens (including phenoxy) is 1. The number of aromatic nitrogens is 2. The molecule has 1 heterocycles. The number of imidazole rings is 1. The second-order valence-corrected chi connectivity index (χ2v) is 6.20. The maximum absolute atomic E-state index is 11.0. The van der Waals surface area contributed by atoms with Crippen molar-refractivity contribution in [3.05, 3.63) is 60.4 Å². The molecular formula is C20H22N2O3. The lowest BCUT2D eigenvalue weighted by molar-refractivity contribution is -0.116. The molecule has 3 aromatic rings. The molecule has 0 saturated heterocycles. The minimum Gasteiger partial charge on any atom is -0.491 e. The number of benzene rings is 2. The van der Waals surface area contributed by atoms with Crippen LogP contribution in [0.2, 0.25) is 0 Å². The molecule has 1 atom stereocenters. The Morgan fingerprint density at radius 1 is 1.20 bits per heavy atom. The lowest BCUT2D eigenvalue weighted by atomic mass is 10.1. The zero-order valence-corrected chi connectivity index (χ0v) is 14.3. The minimum absolute atomic E-state index is 0.190. The van der Waals surface area contributed by atoms with Crippen LogP contribution in [0, 0.1) is 0 Å². The quantitative estimate of drug-likeness (QED) is 0.686. The monoisotopic (exact) mass is 338 g/mol. The maximum Gasteiger partial charge on any atom is 0.130 e. The number of carbonyl (C=O) groups is 1. The Morgan fingerprint density at radius 2 is 1.96 bits per heavy atom. The molecule has 5 heteroatoms. The summed E-state index contributed by atoms with van der Waals surface area (Å²) in [4.78, 5) is 15.3. The summed E-state index contributed by atoms with van der Waals surface area (Å²) in [5.74, 6) is 0.900. The third-order valence-electron chi connectivity index (χ3n) is 4.07. The standard InChI is InChI=1S/C20H22N2O3/c1-15(23)6-7-16-8-10-18(11-9-16)25-13-17(24)12-22-14-21-19-4-2-3-5-20(19)22/h2-5,8-11,14,17,24H,6-7,12-13H2,1H3. The summed E-state index contributed by atoms with van der Waals surface area (Å²) in [6, 6.07) is 15.5. The first-order valence-corrected chi connectivity index (χ1v) is 8.41. The van der Waals surface area contributed by atoms with Gasteiger partial charge in [-0.15, -0.1) is 0 Å². The summed E-state index contributed by atoms with van der Waals surface area (Å²) >= 11 is 0. The van der Waals surface area contributed by atoms with Gasteiger partial charge in [-0.2, -0.15) is 0 Å². The van der Waals surface area contributed by atoms with E-state index in [1.54, 1.807) is 13.3 Å². The van der Waals surface area contributed by atoms with Crippen LogP contribution < -0.4 is 4.74 Å². The molecule has 1 aromatic heterocycles. The van der Waals surface area contributed by atoms with Crippen LogP contribution in [-0.4, -0.2) is 33.2 Å². The molecule has 5 nitrogen and oxygen atoms in total. The smallest absolute Gasteiger partial charge is 0.130 e. The van der Waals surface area contributed by atoms with Crippen LogP contribution in [0.25, 0.3) is 11.0 Å². The lowest BCUT2D eigenvalue weighted by Crippen LogP contribution is -2.23. The first kappa shape index (κ1) is 17.2. The van der Waals surface area contributed by atoms with Gasteiger partial charge in [0.2, 0.25) is 0 Å². The molecule has 2 aromatic carbocycles. The fourth-order valence-corrected chi connectivity index (χ4v) is 2.70. The number of aryl methyl sites for hydroxylation is 1. The van der Waals surface area contributed by atoms with Gasteiger partial charge < -0.3 is 19.2 Å². The highest BCUT2D eigenvalue weighted by atomic mass is 16.5. The fraction of sp³-hybridized carbons (Fsp3) is 0.300. The van der Waals surface area contributed by atoms with Crippen molar-refractivity contribution in [1.82, 2.24) is 9.55 Å². The van der Waals surface area contributed by atoms with Crippen molar-refractivity contribution < 1.29 is 14.6 Å². The molecular weight excluding hydrogens is 316 g/mol. The molecule has 130 valence electrons. The van der Waals surface area contributed by atoms with Gasteiger partial charge >= 0.3 is 0 Å². The summed E-state index contributed by atoms with van der Waals surface area (Å²) in [5.41, 5.74) is 3.01. The number of hydrogen-bond acceptors (Lipinski definition) is 4. The number of ketones is 1. The Bertz CT molecular complexity index is 840. The molecule has 0 radical (unpaired) electrons. The summed E-state index contributed by atoms with van der Waals surface area (Å²) in [7, 11) is 0. The van der Waals surface area contributed by atoms with Crippen molar-refractivity contribution in [2.45, 2.75) is 32.4 Å². The number of para-hydroxylation sites is 2. The summed E-state index contributed by atoms with van der Waals surface area (Å²) < 4.78 is 7.58. The number of hydrogen-bond donors (Lipinski definition) is 1. The van der Waals surface area contributed by atoms with E-state index in [4.69, 9.17) is 4.74 Å². The van der Waals surface area contributed by atoms with Crippen LogP contribution in [-0.2, 0) is 17.8 Å². The zero-order valence-electron chi connectivity index (χ0n) is 14.3. The zero-order chi connectivity index (χ0) is 17.6. The van der Waals surface area contributed by atoms with E-state index in [-0.39, 0.29) is 12.4 Å². The van der Waals surface area contributed by atoms with Gasteiger partial charge in [0.05, 0.1) is 23.9 Å². The van der Waals surface area contributed by atoms with E-state index in [0.717, 1.165) is 23.0 Å². The molecule has 0 aliphatic rings. The van der Waals surface area contributed by atoms with Crippen molar-refractivity contribution in [2.75, 3.05) is 6.61 Å². The van der Waals surface area contributed by atoms with Crippen LogP contribution in [0.4, 0.5) is 0 Å². The summed E-state index contributed by atoms with van der Waals surface area (Å²) in [6.07, 6.45) is 2.40. The summed E-state index contributed by atoms with van der Waals surface area (Å²) in [5, 5.41) is 10.2. The molecule has 0 spiro atoms. The van der Waals surface area contributed by atoms with E-state index < -0.39 is 6.10 Å². The number of fused-ring (bicyclic) bond motifs is 1. The first-order valence-electron chi connectivity index (χ1n) is 8.41. The highest BCUT2D eigenvalue weighted by Crippen LogP contribution is 2.15. The Morgan fingerprint density at radius 3 is 2.72 bits per heavy atom. The van der Waals surface area contributed by atoms with E-state index in [9.17, 15) is 9.90 Å². The SMILES string of the molecule is CC(=O)CCc1ccc(OCC(O)Cn2cnc3ccccc32)cc1. The molecule has 0 fully saturated rings. The Labute approximate surface area is 146 Å². The van der Waals surface area contributed by atoms with Gasteiger partial charge in [-0.25, -0.2) is 4.98 Å². The largest absolute Gasteiger partial charge is 0.491 e. The van der Waals surface area contributed by atoms with Crippen LogP contribution in [0.15, 0.2) is 54.9 Å². The molecule has 0 aliphatic carbocycles. The van der Waals surface area contributed by atoms with Gasteiger partial charge in [0.25, 0.3) is 0 Å². The Kier molecular flexibility index (Phi) is 5.46. The number of nitrogens with zero attached hydrogens (tertiary/aromatic N) is 2. The second-order valence-electron chi connectivity index (χ2n) is 6.20. The molecule has 0 amide bonds. The fourth-order valence-electron chi connectivity index (χ4n) is 2.70. The van der Waals surface area contributed by atoms with Gasteiger partial charge in [0.15, 0.2) is 0 Å². The van der Waals surface area contributed by atoms with Gasteiger partial charge in [-0.3, -0.25) is 0 Å². The molecule has 1 unspecified atom stereocenters. The van der Waals surface area contributed by atoms with E-state index in [1.165, 1.54) is 0 Å². The molecule has 25 heavy (non-hydrogen) atoms. The van der Waals surface area contributed by atoms with E-state index >= 15 is 0 Å². The molecule has 3 rings (SSSR count). The number of rotatable bonds is 8. The van der Waals surface area contributed by atoms with Gasteiger partial charge in [-0.1, -0.05) is 24.3 Å². The number of aliphatic hydroxyl groups is 1. The van der Waals surface area contributed by atoms with E-state index in [0.29, 0.717) is 18.7 Å². The summed E-state index contributed by atoms with van der Waals surface area (Å²) in [6.45, 7) is 2.23. The van der Waals surface area contributed by atoms with E-state index in [2.05, 4.69) is 4.98 Å². The van der Waals surface area contributed by atoms with Gasteiger partial charge in [0.1, 0.15) is 24.2 Å². The number of aliphatic hydroxyl groups excluding tert-OH is 1. The predicted octanol–water partition coefficient (Wildman–Crippen LogP) is 3.00. The van der Waals surface area contributed by atoms with E-state index in [1.807, 2.05) is 53.1 Å². The van der Waals surface area contributed by atoms with Crippen molar-refractivity contribution in [2.24, 2.45) is 0 Å². The number of Topliss-reactive ketones (excluding diaryl/α,β-unsaturated/α-hetero) is 1. The average Bonchev–Trinajstić information content (AvgIpc) is 3.02. The Balaban J connectivity index is 1.52. The predicted molar refractivity (Wildman–Crippen MR) is 96.7 cm³/mol. The average molecular weight is 338 g/mol. The third kappa shape index (κ3) is 4.67. The van der Waals surface area contributed by atoms with Crippen molar-refractivity contribution >= 4 is 16.8 Å². The molecule has 0 bridgehead atoms. The van der Waals surface area contributed by atoms with Crippen molar-refractivity contribution in [3.8, 4) is 5.75 Å². The topological polar surface area (TPSA) is 64.3 Å². The van der Waals surface area contributed by atoms with Crippen molar-refractivity contribution in [3.63, 3.8) is 0 Å². The van der Waals surface area contributed by atoms with Crippen LogP contribution in [0.1, 0.15) is 18.9 Å². The highest BCUT2D eigenvalue weighted by Gasteiger charge is 2.09. The number of carbonyl (C=O) groups excluding carboxylic acids is 1. The lowest BCUT2D eigenvalue weighted by Gasteiger charge is -2.14. The van der Waals surface area contributed by atoms with Crippen molar-refractivity contribution in [1.29, 1.82) is 0 Å². The second kappa shape index (κ2) is 7.94. The normalized spacial score (nSPS) is 12.2. The molecule has 0 saturated carbocycles. The maximum atomic E-state index is 11.0. The highest BCUT2D eigenvalue weighted by molar-refractivity contribution is 5.75. The third-order valence-corrected chi connectivity index (χ3v) is 4.07. The van der Waals surface area contributed by atoms with Crippen LogP contribution in [0.5, 0.6) is 5.75 Å².